The maximum Gasteiger partial charge on any atom is 0.0909 e. The van der Waals surface area contributed by atoms with Crippen molar-refractivity contribution < 1.29 is 0 Å². The minimum Gasteiger partial charge on any atom is -0.366 e. The Morgan fingerprint density at radius 3 is 2.50 bits per heavy atom. The number of aryl methyl sites for hydroxylation is 1. The van der Waals surface area contributed by atoms with Gasteiger partial charge in [0.05, 0.1) is 12.0 Å². The van der Waals surface area contributed by atoms with Gasteiger partial charge in [-0.3, -0.25) is 0 Å². The molecule has 22 heavy (non-hydrogen) atoms. The second-order valence-electron chi connectivity index (χ2n) is 5.32. The van der Waals surface area contributed by atoms with E-state index in [-0.39, 0.29) is 0 Å². The van der Waals surface area contributed by atoms with Gasteiger partial charge in [0.2, 0.25) is 0 Å². The fourth-order valence-corrected chi connectivity index (χ4v) is 2.52. The van der Waals surface area contributed by atoms with Gasteiger partial charge in [-0.05, 0) is 42.7 Å². The Bertz CT molecular complexity index is 681. The van der Waals surface area contributed by atoms with Crippen molar-refractivity contribution in [2.45, 2.75) is 20.3 Å². The Morgan fingerprint density at radius 2 is 1.82 bits per heavy atom. The third kappa shape index (κ3) is 4.25. The topological polar surface area (TPSA) is 15.6 Å². The highest BCUT2D eigenvalue weighted by molar-refractivity contribution is 6.32. The summed E-state index contributed by atoms with van der Waals surface area (Å²) in [5, 5.41) is 1.49. The highest BCUT2D eigenvalue weighted by Gasteiger charge is 2.08. The lowest BCUT2D eigenvalue weighted by atomic mass is 10.0. The number of hydrogen-bond acceptors (Lipinski definition) is 1. The summed E-state index contributed by atoms with van der Waals surface area (Å²) in [5.41, 5.74) is 4.14. The molecule has 0 aliphatic heterocycles. The number of hydrogen-bond donors (Lipinski definition) is 0. The van der Waals surface area contributed by atoms with E-state index in [0.717, 1.165) is 45.4 Å². The molecule has 0 heterocycles. The average molecular weight is 335 g/mol. The van der Waals surface area contributed by atoms with Crippen LogP contribution < -0.4 is 0 Å². The van der Waals surface area contributed by atoms with E-state index in [2.05, 4.69) is 18.0 Å². The summed E-state index contributed by atoms with van der Waals surface area (Å²) in [7, 11) is 1.99. The number of aliphatic imine (C=N–C) groups is 1. The van der Waals surface area contributed by atoms with Crippen LogP contribution in [0.3, 0.4) is 0 Å². The zero-order valence-corrected chi connectivity index (χ0v) is 14.6. The molecule has 0 radical (unpaired) electrons. The Hall–Kier alpha value is -1.51. The number of benzene rings is 2. The van der Waals surface area contributed by atoms with Crippen molar-refractivity contribution in [3.8, 4) is 0 Å². The first kappa shape index (κ1) is 16.9. The maximum atomic E-state index is 6.42. The van der Waals surface area contributed by atoms with E-state index in [0.29, 0.717) is 0 Å². The van der Waals surface area contributed by atoms with Crippen molar-refractivity contribution in [3.05, 3.63) is 63.1 Å². The van der Waals surface area contributed by atoms with Gasteiger partial charge in [0.25, 0.3) is 0 Å². The van der Waals surface area contributed by atoms with Gasteiger partial charge in [-0.25, -0.2) is 4.99 Å². The summed E-state index contributed by atoms with van der Waals surface area (Å²) < 4.78 is 0. The zero-order valence-electron chi connectivity index (χ0n) is 13.1. The number of rotatable bonds is 5. The predicted molar refractivity (Wildman–Crippen MR) is 96.9 cm³/mol. The van der Waals surface area contributed by atoms with Crippen LogP contribution in [0.25, 0.3) is 0 Å². The van der Waals surface area contributed by atoms with Gasteiger partial charge in [-0.2, -0.15) is 0 Å². The molecule has 116 valence electrons. The van der Waals surface area contributed by atoms with E-state index in [1.807, 2.05) is 55.5 Å². The maximum absolute atomic E-state index is 6.42. The van der Waals surface area contributed by atoms with E-state index in [9.17, 15) is 0 Å². The SMILES string of the molecule is CCN(C)C=Nc1cc(Cl)c(Cc2ccccc2Cl)cc1C. The molecule has 2 aromatic carbocycles. The van der Waals surface area contributed by atoms with Crippen LogP contribution in [0.2, 0.25) is 10.0 Å². The highest BCUT2D eigenvalue weighted by Crippen LogP contribution is 2.30. The number of halogens is 2. The first-order valence-corrected chi connectivity index (χ1v) is 8.03. The molecule has 0 spiro atoms. The van der Waals surface area contributed by atoms with Crippen LogP contribution in [-0.4, -0.2) is 24.8 Å². The summed E-state index contributed by atoms with van der Waals surface area (Å²) in [6.45, 7) is 5.05. The van der Waals surface area contributed by atoms with Gasteiger partial charge in [0.1, 0.15) is 0 Å². The van der Waals surface area contributed by atoms with Crippen LogP contribution in [0.15, 0.2) is 41.4 Å². The van der Waals surface area contributed by atoms with Gasteiger partial charge in [-0.1, -0.05) is 47.5 Å². The minimum absolute atomic E-state index is 0.719. The largest absolute Gasteiger partial charge is 0.366 e. The average Bonchev–Trinajstić information content (AvgIpc) is 2.51. The lowest BCUT2D eigenvalue weighted by Gasteiger charge is -2.11. The van der Waals surface area contributed by atoms with Gasteiger partial charge >= 0.3 is 0 Å². The van der Waals surface area contributed by atoms with Gasteiger partial charge in [0, 0.05) is 30.1 Å². The second-order valence-corrected chi connectivity index (χ2v) is 6.13. The minimum atomic E-state index is 0.719. The molecule has 0 aliphatic rings. The van der Waals surface area contributed by atoms with Gasteiger partial charge < -0.3 is 4.90 Å². The molecule has 0 amide bonds. The fourth-order valence-electron chi connectivity index (χ4n) is 2.09. The van der Waals surface area contributed by atoms with E-state index in [1.165, 1.54) is 0 Å². The summed E-state index contributed by atoms with van der Waals surface area (Å²) in [4.78, 5) is 6.51. The summed E-state index contributed by atoms with van der Waals surface area (Å²) in [5.74, 6) is 0. The summed E-state index contributed by atoms with van der Waals surface area (Å²) in [6.07, 6.45) is 2.55. The van der Waals surface area contributed by atoms with Crippen molar-refractivity contribution in [3.63, 3.8) is 0 Å². The molecule has 0 saturated carbocycles. The lowest BCUT2D eigenvalue weighted by Crippen LogP contribution is -2.14. The molecule has 2 nitrogen and oxygen atoms in total. The Morgan fingerprint density at radius 1 is 1.09 bits per heavy atom. The Labute approximate surface area is 142 Å². The standard InChI is InChI=1S/C18H20Cl2N2/c1-4-22(3)12-21-18-11-17(20)15(9-13(18)2)10-14-7-5-6-8-16(14)19/h5-9,11-12H,4,10H2,1-3H3. The summed E-state index contributed by atoms with van der Waals surface area (Å²) >= 11 is 12.6. The van der Waals surface area contributed by atoms with Crippen molar-refractivity contribution in [1.82, 2.24) is 4.90 Å². The summed E-state index contributed by atoms with van der Waals surface area (Å²) in [6, 6.07) is 11.8. The third-order valence-electron chi connectivity index (χ3n) is 3.60. The Balaban J connectivity index is 2.27. The molecule has 0 bridgehead atoms. The van der Waals surface area contributed by atoms with Crippen LogP contribution in [0, 0.1) is 6.92 Å². The second kappa shape index (κ2) is 7.66. The van der Waals surface area contributed by atoms with Crippen LogP contribution in [0.5, 0.6) is 0 Å². The molecule has 2 rings (SSSR count). The molecule has 0 unspecified atom stereocenters. The normalized spacial score (nSPS) is 11.1. The first-order chi connectivity index (χ1) is 10.5. The van der Waals surface area contributed by atoms with Crippen molar-refractivity contribution in [2.75, 3.05) is 13.6 Å². The molecule has 0 saturated heterocycles. The van der Waals surface area contributed by atoms with Gasteiger partial charge in [-0.15, -0.1) is 0 Å². The van der Waals surface area contributed by atoms with Crippen molar-refractivity contribution >= 4 is 35.2 Å². The van der Waals surface area contributed by atoms with Crippen LogP contribution in [-0.2, 0) is 6.42 Å². The molecule has 2 aromatic rings. The molecular formula is C18H20Cl2N2. The van der Waals surface area contributed by atoms with Crippen molar-refractivity contribution in [2.24, 2.45) is 4.99 Å². The predicted octanol–water partition coefficient (Wildman–Crippen LogP) is 5.50. The van der Waals surface area contributed by atoms with E-state index in [1.54, 1.807) is 0 Å². The number of nitrogens with zero attached hydrogens (tertiary/aromatic N) is 2. The molecular weight excluding hydrogens is 315 g/mol. The van der Waals surface area contributed by atoms with Crippen molar-refractivity contribution in [1.29, 1.82) is 0 Å². The third-order valence-corrected chi connectivity index (χ3v) is 4.32. The van der Waals surface area contributed by atoms with E-state index >= 15 is 0 Å². The lowest BCUT2D eigenvalue weighted by molar-refractivity contribution is 0.552. The molecule has 4 heteroatoms. The molecule has 0 fully saturated rings. The quantitative estimate of drug-likeness (QED) is 0.520. The highest BCUT2D eigenvalue weighted by atomic mass is 35.5. The van der Waals surface area contributed by atoms with Crippen LogP contribution in [0.4, 0.5) is 5.69 Å². The van der Waals surface area contributed by atoms with Gasteiger partial charge in [0.15, 0.2) is 0 Å². The molecule has 0 aliphatic carbocycles. The van der Waals surface area contributed by atoms with E-state index < -0.39 is 0 Å². The molecule has 0 N–H and O–H groups in total. The van der Waals surface area contributed by atoms with Crippen LogP contribution in [0.1, 0.15) is 23.6 Å². The Kier molecular flexibility index (Phi) is 5.87. The molecule has 0 aromatic heterocycles. The zero-order chi connectivity index (χ0) is 16.1. The fraction of sp³-hybridized carbons (Fsp3) is 0.278. The monoisotopic (exact) mass is 334 g/mol. The van der Waals surface area contributed by atoms with E-state index in [4.69, 9.17) is 23.2 Å². The first-order valence-electron chi connectivity index (χ1n) is 7.28. The molecule has 0 atom stereocenters. The van der Waals surface area contributed by atoms with Crippen LogP contribution >= 0.6 is 23.2 Å². The smallest absolute Gasteiger partial charge is 0.0909 e.